The third-order valence-electron chi connectivity index (χ3n) is 2.45. The van der Waals surface area contributed by atoms with Crippen LogP contribution in [0.15, 0.2) is 4.42 Å². The Labute approximate surface area is 112 Å². The highest BCUT2D eigenvalue weighted by atomic mass is 16.4. The van der Waals surface area contributed by atoms with Crippen molar-refractivity contribution in [3.05, 3.63) is 17.3 Å². The zero-order valence-corrected chi connectivity index (χ0v) is 11.9. The number of aliphatic hydroxyl groups excluding tert-OH is 2. The molecule has 0 saturated heterocycles. The van der Waals surface area contributed by atoms with Gasteiger partial charge in [-0.3, -0.25) is 4.79 Å². The summed E-state index contributed by atoms with van der Waals surface area (Å²) in [6.45, 7) is 7.44. The van der Waals surface area contributed by atoms with Gasteiger partial charge in [0.2, 0.25) is 0 Å². The SMILES string of the molecule is Cc1oc(CC(C)(C)C)nc1C(=O)NCC(O)CO. The summed E-state index contributed by atoms with van der Waals surface area (Å²) < 4.78 is 5.46. The fourth-order valence-corrected chi connectivity index (χ4v) is 1.55. The molecule has 19 heavy (non-hydrogen) atoms. The highest BCUT2D eigenvalue weighted by Crippen LogP contribution is 2.21. The smallest absolute Gasteiger partial charge is 0.273 e. The molecular formula is C13H22N2O4. The number of rotatable bonds is 5. The zero-order chi connectivity index (χ0) is 14.6. The first kappa shape index (κ1) is 15.7. The molecule has 0 aromatic carbocycles. The van der Waals surface area contributed by atoms with Gasteiger partial charge in [-0.25, -0.2) is 4.98 Å². The minimum absolute atomic E-state index is 0.0176. The molecule has 0 bridgehead atoms. The third-order valence-corrected chi connectivity index (χ3v) is 2.45. The Bertz CT molecular complexity index is 434. The lowest BCUT2D eigenvalue weighted by Crippen LogP contribution is -2.34. The summed E-state index contributed by atoms with van der Waals surface area (Å²) in [5.74, 6) is 0.571. The summed E-state index contributed by atoms with van der Waals surface area (Å²) in [5, 5.41) is 20.3. The molecule has 0 spiro atoms. The number of nitrogens with one attached hydrogen (secondary N) is 1. The van der Waals surface area contributed by atoms with E-state index in [1.165, 1.54) is 0 Å². The Morgan fingerprint density at radius 1 is 1.47 bits per heavy atom. The molecule has 1 atom stereocenters. The lowest BCUT2D eigenvalue weighted by molar-refractivity contribution is 0.0798. The zero-order valence-electron chi connectivity index (χ0n) is 11.9. The van der Waals surface area contributed by atoms with Gasteiger partial charge in [0.05, 0.1) is 12.7 Å². The summed E-state index contributed by atoms with van der Waals surface area (Å²) in [6.07, 6.45) is -0.328. The highest BCUT2D eigenvalue weighted by molar-refractivity contribution is 5.93. The molecule has 0 saturated carbocycles. The fourth-order valence-electron chi connectivity index (χ4n) is 1.55. The molecule has 0 aliphatic heterocycles. The van der Waals surface area contributed by atoms with Gasteiger partial charge < -0.3 is 19.9 Å². The first-order valence-electron chi connectivity index (χ1n) is 6.26. The van der Waals surface area contributed by atoms with E-state index in [2.05, 4.69) is 31.1 Å². The summed E-state index contributed by atoms with van der Waals surface area (Å²) >= 11 is 0. The normalized spacial score (nSPS) is 13.4. The average Bonchev–Trinajstić information content (AvgIpc) is 2.64. The molecule has 1 rings (SSSR count). The minimum atomic E-state index is -0.967. The van der Waals surface area contributed by atoms with Gasteiger partial charge in [-0.1, -0.05) is 20.8 Å². The number of oxazole rings is 1. The molecule has 0 aliphatic carbocycles. The lowest BCUT2D eigenvalue weighted by Gasteiger charge is -2.14. The van der Waals surface area contributed by atoms with Crippen LogP contribution in [-0.2, 0) is 6.42 Å². The van der Waals surface area contributed by atoms with E-state index in [1.807, 2.05) is 0 Å². The molecule has 3 N–H and O–H groups in total. The summed E-state index contributed by atoms with van der Waals surface area (Å²) in [6, 6.07) is 0. The van der Waals surface area contributed by atoms with Crippen LogP contribution in [0.1, 0.15) is 42.9 Å². The molecule has 0 radical (unpaired) electrons. The van der Waals surface area contributed by atoms with E-state index < -0.39 is 18.6 Å². The molecule has 0 aliphatic rings. The largest absolute Gasteiger partial charge is 0.445 e. The Balaban J connectivity index is 2.70. The van der Waals surface area contributed by atoms with E-state index in [0.29, 0.717) is 18.1 Å². The fraction of sp³-hybridized carbons (Fsp3) is 0.692. The maximum absolute atomic E-state index is 11.8. The first-order valence-corrected chi connectivity index (χ1v) is 6.26. The van der Waals surface area contributed by atoms with E-state index in [-0.39, 0.29) is 17.7 Å². The lowest BCUT2D eigenvalue weighted by atomic mass is 9.92. The number of aliphatic hydroxyl groups is 2. The van der Waals surface area contributed by atoms with Crippen LogP contribution < -0.4 is 5.32 Å². The minimum Gasteiger partial charge on any atom is -0.445 e. The van der Waals surface area contributed by atoms with Crippen molar-refractivity contribution in [3.63, 3.8) is 0 Å². The molecule has 1 aromatic heterocycles. The Morgan fingerprint density at radius 2 is 2.11 bits per heavy atom. The van der Waals surface area contributed by atoms with Crippen molar-refractivity contribution in [1.29, 1.82) is 0 Å². The Morgan fingerprint density at radius 3 is 2.63 bits per heavy atom. The molecular weight excluding hydrogens is 248 g/mol. The molecule has 0 fully saturated rings. The molecule has 1 unspecified atom stereocenters. The van der Waals surface area contributed by atoms with E-state index in [0.717, 1.165) is 0 Å². The van der Waals surface area contributed by atoms with Gasteiger partial charge in [-0.2, -0.15) is 0 Å². The second-order valence-corrected chi connectivity index (χ2v) is 5.80. The maximum atomic E-state index is 11.8. The number of aryl methyl sites for hydroxylation is 1. The molecule has 1 amide bonds. The molecule has 108 valence electrons. The van der Waals surface area contributed by atoms with Crippen molar-refractivity contribution in [1.82, 2.24) is 10.3 Å². The summed E-state index contributed by atoms with van der Waals surface area (Å²) in [4.78, 5) is 16.0. The van der Waals surface area contributed by atoms with Crippen molar-refractivity contribution in [2.45, 2.75) is 40.2 Å². The second kappa shape index (κ2) is 6.16. The van der Waals surface area contributed by atoms with Gasteiger partial charge in [0.25, 0.3) is 5.91 Å². The standard InChI is InChI=1S/C13H22N2O4/c1-8-11(12(18)14-6-9(17)7-16)15-10(19-8)5-13(2,3)4/h9,16-17H,5-7H2,1-4H3,(H,14,18). The highest BCUT2D eigenvalue weighted by Gasteiger charge is 2.21. The van der Waals surface area contributed by atoms with Gasteiger partial charge >= 0.3 is 0 Å². The summed E-state index contributed by atoms with van der Waals surface area (Å²) in [5.41, 5.74) is 0.252. The average molecular weight is 270 g/mol. The van der Waals surface area contributed by atoms with Crippen molar-refractivity contribution < 1.29 is 19.4 Å². The first-order chi connectivity index (χ1) is 8.73. The van der Waals surface area contributed by atoms with Crippen LogP contribution in [0.4, 0.5) is 0 Å². The van der Waals surface area contributed by atoms with E-state index in [1.54, 1.807) is 6.92 Å². The maximum Gasteiger partial charge on any atom is 0.273 e. The quantitative estimate of drug-likeness (QED) is 0.730. The van der Waals surface area contributed by atoms with E-state index in [9.17, 15) is 9.90 Å². The van der Waals surface area contributed by atoms with Gasteiger partial charge in [0, 0.05) is 13.0 Å². The second-order valence-electron chi connectivity index (χ2n) is 5.80. The predicted molar refractivity (Wildman–Crippen MR) is 69.8 cm³/mol. The van der Waals surface area contributed by atoms with Crippen LogP contribution in [0, 0.1) is 12.3 Å². The van der Waals surface area contributed by atoms with Gasteiger partial charge in [0.1, 0.15) is 5.76 Å². The van der Waals surface area contributed by atoms with Gasteiger partial charge in [-0.05, 0) is 12.3 Å². The third kappa shape index (κ3) is 5.00. The topological polar surface area (TPSA) is 95.6 Å². The van der Waals surface area contributed by atoms with Crippen LogP contribution in [0.3, 0.4) is 0 Å². The van der Waals surface area contributed by atoms with Crippen LogP contribution in [0.5, 0.6) is 0 Å². The Kier molecular flexibility index (Phi) is 5.08. The van der Waals surface area contributed by atoms with Crippen LogP contribution in [-0.4, -0.2) is 40.4 Å². The van der Waals surface area contributed by atoms with Crippen molar-refractivity contribution in [2.75, 3.05) is 13.2 Å². The molecule has 1 aromatic rings. The van der Waals surface area contributed by atoms with E-state index in [4.69, 9.17) is 9.52 Å². The number of hydrogen-bond donors (Lipinski definition) is 3. The number of carbonyl (C=O) groups is 1. The number of amides is 1. The number of hydrogen-bond acceptors (Lipinski definition) is 5. The van der Waals surface area contributed by atoms with Crippen LogP contribution >= 0.6 is 0 Å². The Hall–Kier alpha value is -1.40. The van der Waals surface area contributed by atoms with Gasteiger partial charge in [0.15, 0.2) is 11.6 Å². The monoisotopic (exact) mass is 270 g/mol. The van der Waals surface area contributed by atoms with E-state index >= 15 is 0 Å². The predicted octanol–water partition coefficient (Wildman–Crippen LogP) is 0.655. The molecule has 6 nitrogen and oxygen atoms in total. The number of carbonyl (C=O) groups excluding carboxylic acids is 1. The number of aromatic nitrogens is 1. The number of nitrogens with zero attached hydrogens (tertiary/aromatic N) is 1. The van der Waals surface area contributed by atoms with Crippen LogP contribution in [0.25, 0.3) is 0 Å². The van der Waals surface area contributed by atoms with Crippen molar-refractivity contribution in [2.24, 2.45) is 5.41 Å². The van der Waals surface area contributed by atoms with Gasteiger partial charge in [-0.15, -0.1) is 0 Å². The van der Waals surface area contributed by atoms with Crippen molar-refractivity contribution >= 4 is 5.91 Å². The molecule has 1 heterocycles. The summed E-state index contributed by atoms with van der Waals surface area (Å²) in [7, 11) is 0. The molecule has 6 heteroatoms. The van der Waals surface area contributed by atoms with Crippen molar-refractivity contribution in [3.8, 4) is 0 Å². The van der Waals surface area contributed by atoms with Crippen LogP contribution in [0.2, 0.25) is 0 Å².